The molecule has 0 unspecified atom stereocenters. The van der Waals surface area contributed by atoms with Crippen LogP contribution in [0, 0.1) is 0 Å². The van der Waals surface area contributed by atoms with Crippen molar-refractivity contribution in [1.82, 2.24) is 20.6 Å². The third-order valence-electron chi connectivity index (χ3n) is 8.83. The Morgan fingerprint density at radius 1 is 0.520 bits per heavy atom. The highest BCUT2D eigenvalue weighted by molar-refractivity contribution is 6.08. The van der Waals surface area contributed by atoms with Crippen LogP contribution in [0.5, 0.6) is 11.5 Å². The van der Waals surface area contributed by atoms with E-state index < -0.39 is 0 Å². The van der Waals surface area contributed by atoms with E-state index in [-0.39, 0.29) is 11.8 Å². The van der Waals surface area contributed by atoms with Crippen molar-refractivity contribution in [2.24, 2.45) is 0 Å². The summed E-state index contributed by atoms with van der Waals surface area (Å²) in [6.07, 6.45) is 5.99. The van der Waals surface area contributed by atoms with Crippen molar-refractivity contribution in [2.75, 3.05) is 27.3 Å². The molecule has 2 heterocycles. The lowest BCUT2D eigenvalue weighted by atomic mass is 10.0. The molecule has 0 atom stereocenters. The van der Waals surface area contributed by atoms with Crippen LogP contribution in [0.2, 0.25) is 0 Å². The first-order chi connectivity index (χ1) is 24.5. The van der Waals surface area contributed by atoms with E-state index in [2.05, 4.69) is 10.6 Å². The number of hydrogen-bond donors (Lipinski definition) is 2. The first kappa shape index (κ1) is 34.1. The number of benzene rings is 4. The Balaban J connectivity index is 0.948. The molecule has 2 N–H and O–H groups in total. The van der Waals surface area contributed by atoms with E-state index in [1.807, 2.05) is 109 Å². The van der Waals surface area contributed by atoms with Gasteiger partial charge in [0.25, 0.3) is 11.8 Å². The number of rotatable bonds is 15. The molecule has 8 heteroatoms. The van der Waals surface area contributed by atoms with Gasteiger partial charge in [0, 0.05) is 35.0 Å². The third-order valence-corrected chi connectivity index (χ3v) is 8.83. The maximum atomic E-state index is 13.3. The molecule has 0 saturated carbocycles. The molecule has 50 heavy (non-hydrogen) atoms. The van der Waals surface area contributed by atoms with Gasteiger partial charge in [0.05, 0.1) is 47.8 Å². The number of unbranched alkanes of at least 4 members (excludes halogenated alkanes) is 5. The van der Waals surface area contributed by atoms with Crippen molar-refractivity contribution in [1.29, 1.82) is 0 Å². The lowest BCUT2D eigenvalue weighted by molar-refractivity contribution is 0.0946. The number of nitrogens with one attached hydrogen (secondary N) is 2. The van der Waals surface area contributed by atoms with E-state index >= 15 is 0 Å². The van der Waals surface area contributed by atoms with Gasteiger partial charge >= 0.3 is 0 Å². The zero-order chi connectivity index (χ0) is 34.7. The van der Waals surface area contributed by atoms with Crippen molar-refractivity contribution in [2.45, 2.75) is 38.5 Å². The lowest BCUT2D eigenvalue weighted by Crippen LogP contribution is -2.25. The van der Waals surface area contributed by atoms with Gasteiger partial charge < -0.3 is 20.1 Å². The molecule has 4 aromatic carbocycles. The maximum Gasteiger partial charge on any atom is 0.252 e. The molecule has 6 rings (SSSR count). The van der Waals surface area contributed by atoms with E-state index in [4.69, 9.17) is 19.4 Å². The van der Waals surface area contributed by atoms with Crippen LogP contribution in [0.25, 0.3) is 44.3 Å². The number of carbonyl (C=O) groups is 2. The molecule has 0 aliphatic heterocycles. The second-order valence-electron chi connectivity index (χ2n) is 12.2. The topological polar surface area (TPSA) is 102 Å². The Bertz CT molecular complexity index is 1960. The molecule has 6 aromatic rings. The monoisotopic (exact) mass is 666 g/mol. The maximum absolute atomic E-state index is 13.3. The summed E-state index contributed by atoms with van der Waals surface area (Å²) in [5, 5.41) is 7.89. The molecule has 0 saturated heterocycles. The van der Waals surface area contributed by atoms with Gasteiger partial charge in [-0.1, -0.05) is 86.3 Å². The van der Waals surface area contributed by atoms with Crippen molar-refractivity contribution < 1.29 is 19.1 Å². The van der Waals surface area contributed by atoms with Crippen LogP contribution in [-0.2, 0) is 0 Å². The average Bonchev–Trinajstić information content (AvgIpc) is 3.17. The van der Waals surface area contributed by atoms with E-state index in [9.17, 15) is 9.59 Å². The Kier molecular flexibility index (Phi) is 11.3. The number of pyridine rings is 2. The second-order valence-corrected chi connectivity index (χ2v) is 12.2. The fourth-order valence-electron chi connectivity index (χ4n) is 6.14. The minimum absolute atomic E-state index is 0.0962. The Labute approximate surface area is 292 Å². The first-order valence-corrected chi connectivity index (χ1v) is 17.2. The minimum atomic E-state index is -0.0962. The highest BCUT2D eigenvalue weighted by atomic mass is 16.5. The molecular formula is C42H42N4O4. The number of ether oxygens (including phenoxy) is 2. The van der Waals surface area contributed by atoms with Gasteiger partial charge in [0.1, 0.15) is 11.5 Å². The standard InChI is InChI=1S/C42H42N4O4/c1-49-31-17-13-15-29(25-31)39-27-35(33-19-7-9-21-37(33)45-39)41(47)43-23-11-5-3-4-6-12-24-44-42(48)36-28-40(30-16-14-18-32(26-30)50-2)46-38-22-10-8-20-34(36)38/h7-10,13-22,25-28H,3-6,11-12,23-24H2,1-2H3,(H,43,47)(H,44,48). The smallest absolute Gasteiger partial charge is 0.252 e. The van der Waals surface area contributed by atoms with E-state index in [1.54, 1.807) is 14.2 Å². The van der Waals surface area contributed by atoms with Gasteiger partial charge in [0.2, 0.25) is 0 Å². The molecule has 0 fully saturated rings. The summed E-state index contributed by atoms with van der Waals surface area (Å²) in [4.78, 5) is 36.2. The Morgan fingerprint density at radius 2 is 0.940 bits per heavy atom. The number of hydrogen-bond acceptors (Lipinski definition) is 6. The van der Waals surface area contributed by atoms with Crippen LogP contribution in [-0.4, -0.2) is 49.1 Å². The molecule has 8 nitrogen and oxygen atoms in total. The van der Waals surface area contributed by atoms with Crippen LogP contribution < -0.4 is 20.1 Å². The number of methoxy groups -OCH3 is 2. The highest BCUT2D eigenvalue weighted by Crippen LogP contribution is 2.29. The summed E-state index contributed by atoms with van der Waals surface area (Å²) >= 11 is 0. The number of fused-ring (bicyclic) bond motifs is 2. The summed E-state index contributed by atoms with van der Waals surface area (Å²) in [5.74, 6) is 1.29. The van der Waals surface area contributed by atoms with Crippen molar-refractivity contribution in [3.8, 4) is 34.0 Å². The minimum Gasteiger partial charge on any atom is -0.497 e. The van der Waals surface area contributed by atoms with Crippen molar-refractivity contribution in [3.63, 3.8) is 0 Å². The molecule has 2 amide bonds. The largest absolute Gasteiger partial charge is 0.497 e. The molecule has 254 valence electrons. The normalized spacial score (nSPS) is 11.0. The molecule has 0 spiro atoms. The first-order valence-electron chi connectivity index (χ1n) is 17.2. The van der Waals surface area contributed by atoms with Gasteiger partial charge in [-0.25, -0.2) is 9.97 Å². The van der Waals surface area contributed by atoms with Gasteiger partial charge in [-0.15, -0.1) is 0 Å². The quantitative estimate of drug-likeness (QED) is 0.106. The van der Waals surface area contributed by atoms with Crippen LogP contribution in [0.15, 0.2) is 109 Å². The Hall–Kier alpha value is -5.76. The molecule has 0 aliphatic carbocycles. The van der Waals surface area contributed by atoms with E-state index in [1.165, 1.54) is 0 Å². The average molecular weight is 667 g/mol. The predicted octanol–water partition coefficient (Wildman–Crippen LogP) is 8.63. The van der Waals surface area contributed by atoms with Crippen molar-refractivity contribution >= 4 is 33.6 Å². The summed E-state index contributed by atoms with van der Waals surface area (Å²) in [7, 11) is 3.27. The van der Waals surface area contributed by atoms with E-state index in [0.717, 1.165) is 94.3 Å². The summed E-state index contributed by atoms with van der Waals surface area (Å²) in [5.41, 5.74) is 6.05. The number of carbonyl (C=O) groups excluding carboxylic acids is 2. The second kappa shape index (κ2) is 16.6. The fourth-order valence-corrected chi connectivity index (χ4v) is 6.14. The number of nitrogens with zero attached hydrogens (tertiary/aromatic N) is 2. The van der Waals surface area contributed by atoms with Gasteiger partial charge in [-0.2, -0.15) is 0 Å². The van der Waals surface area contributed by atoms with Crippen LogP contribution >= 0.6 is 0 Å². The molecule has 0 bridgehead atoms. The highest BCUT2D eigenvalue weighted by Gasteiger charge is 2.16. The number of amides is 2. The lowest BCUT2D eigenvalue weighted by Gasteiger charge is -2.12. The van der Waals surface area contributed by atoms with Crippen LogP contribution in [0.4, 0.5) is 0 Å². The fraction of sp³-hybridized carbons (Fsp3) is 0.238. The van der Waals surface area contributed by atoms with E-state index in [0.29, 0.717) is 24.2 Å². The van der Waals surface area contributed by atoms with Crippen LogP contribution in [0.1, 0.15) is 59.2 Å². The number of aromatic nitrogens is 2. The van der Waals surface area contributed by atoms with Gasteiger partial charge in [0.15, 0.2) is 0 Å². The summed E-state index contributed by atoms with van der Waals surface area (Å²) in [6.45, 7) is 1.22. The zero-order valence-corrected chi connectivity index (χ0v) is 28.6. The predicted molar refractivity (Wildman–Crippen MR) is 200 cm³/mol. The summed E-state index contributed by atoms with van der Waals surface area (Å²) in [6, 6.07) is 34.6. The molecular weight excluding hydrogens is 624 g/mol. The van der Waals surface area contributed by atoms with Crippen molar-refractivity contribution in [3.05, 3.63) is 120 Å². The molecule has 0 radical (unpaired) electrons. The van der Waals surface area contributed by atoms with Gasteiger partial charge in [-0.3, -0.25) is 9.59 Å². The molecule has 0 aliphatic rings. The SMILES string of the molecule is COc1cccc(-c2cc(C(=O)NCCCCCCCCNC(=O)c3cc(-c4cccc(OC)c4)nc4ccccc34)c3ccccc3n2)c1. The number of para-hydroxylation sites is 2. The van der Waals surface area contributed by atoms with Gasteiger partial charge in [-0.05, 0) is 61.4 Å². The third kappa shape index (κ3) is 8.26. The zero-order valence-electron chi connectivity index (χ0n) is 28.6. The van der Waals surface area contributed by atoms with Crippen LogP contribution in [0.3, 0.4) is 0 Å². The molecule has 2 aromatic heterocycles. The summed E-state index contributed by atoms with van der Waals surface area (Å²) < 4.78 is 10.8. The Morgan fingerprint density at radius 3 is 1.38 bits per heavy atom.